The number of ketones is 1. The summed E-state index contributed by atoms with van der Waals surface area (Å²) >= 11 is 0. The number of nitrogens with zero attached hydrogens (tertiary/aromatic N) is 2. The number of rotatable bonds is 8. The number of anilines is 1. The summed E-state index contributed by atoms with van der Waals surface area (Å²) in [5.74, 6) is 1.01. The largest absolute Gasteiger partial charge is 0.485 e. The normalized spacial score (nSPS) is 12.7. The van der Waals surface area contributed by atoms with E-state index in [1.807, 2.05) is 25.1 Å². The van der Waals surface area contributed by atoms with E-state index in [1.165, 1.54) is 9.80 Å². The van der Waals surface area contributed by atoms with E-state index < -0.39 is 0 Å². The highest BCUT2D eigenvalue weighted by Gasteiger charge is 2.28. The second-order valence-electron chi connectivity index (χ2n) is 7.56. The number of carbonyl (C=O) groups excluding carboxylic acids is 3. The molecule has 0 saturated heterocycles. The summed E-state index contributed by atoms with van der Waals surface area (Å²) in [5.41, 5.74) is 0.861. The van der Waals surface area contributed by atoms with Gasteiger partial charge in [-0.2, -0.15) is 0 Å². The maximum atomic E-state index is 12.7. The molecular formula is C25H24N2O6. The van der Waals surface area contributed by atoms with Gasteiger partial charge in [-0.1, -0.05) is 18.2 Å². The van der Waals surface area contributed by atoms with E-state index in [2.05, 4.69) is 0 Å². The van der Waals surface area contributed by atoms with Crippen LogP contribution in [0.2, 0.25) is 0 Å². The number of furan rings is 1. The molecule has 1 aromatic heterocycles. The molecule has 0 atom stereocenters. The van der Waals surface area contributed by atoms with Crippen LogP contribution in [0.25, 0.3) is 0 Å². The number of fused-ring (bicyclic) bond motifs is 1. The predicted octanol–water partition coefficient (Wildman–Crippen LogP) is 3.56. The first kappa shape index (κ1) is 22.1. The molecule has 8 heteroatoms. The maximum absolute atomic E-state index is 12.7. The van der Waals surface area contributed by atoms with Gasteiger partial charge in [0.15, 0.2) is 24.8 Å². The second kappa shape index (κ2) is 9.60. The standard InChI is InChI=1S/C25H24N2O6/c1-3-26(2)25(30)23-12-10-19(33-23)14-27-20-13-17(9-11-22(20)32-16-24(27)29)21(28)15-31-18-7-5-4-6-8-18/h4-13H,3,14-16H2,1-2H3. The Labute approximate surface area is 191 Å². The van der Waals surface area contributed by atoms with Gasteiger partial charge < -0.3 is 18.8 Å². The average Bonchev–Trinajstić information content (AvgIpc) is 3.32. The maximum Gasteiger partial charge on any atom is 0.289 e. The highest BCUT2D eigenvalue weighted by molar-refractivity contribution is 6.02. The highest BCUT2D eigenvalue weighted by Crippen LogP contribution is 2.34. The van der Waals surface area contributed by atoms with Crippen molar-refractivity contribution in [3.8, 4) is 11.5 Å². The van der Waals surface area contributed by atoms with Gasteiger partial charge in [0, 0.05) is 19.2 Å². The van der Waals surface area contributed by atoms with Crippen molar-refractivity contribution in [1.29, 1.82) is 0 Å². The van der Waals surface area contributed by atoms with Crippen molar-refractivity contribution in [1.82, 2.24) is 4.90 Å². The molecule has 0 aliphatic carbocycles. The van der Waals surface area contributed by atoms with Gasteiger partial charge in [0.25, 0.3) is 11.8 Å². The first-order valence-electron chi connectivity index (χ1n) is 10.6. The van der Waals surface area contributed by atoms with Crippen LogP contribution in [0.3, 0.4) is 0 Å². The lowest BCUT2D eigenvalue weighted by Crippen LogP contribution is -2.38. The van der Waals surface area contributed by atoms with Gasteiger partial charge in [0.1, 0.15) is 17.3 Å². The Morgan fingerprint density at radius 3 is 2.64 bits per heavy atom. The predicted molar refractivity (Wildman–Crippen MR) is 121 cm³/mol. The van der Waals surface area contributed by atoms with E-state index in [0.717, 1.165) is 0 Å². The highest BCUT2D eigenvalue weighted by atomic mass is 16.5. The Balaban J connectivity index is 1.52. The molecule has 1 aliphatic heterocycles. The number of para-hydroxylation sites is 1. The van der Waals surface area contributed by atoms with E-state index in [4.69, 9.17) is 13.9 Å². The fourth-order valence-electron chi connectivity index (χ4n) is 3.36. The lowest BCUT2D eigenvalue weighted by atomic mass is 10.1. The molecule has 0 saturated carbocycles. The zero-order valence-corrected chi connectivity index (χ0v) is 18.4. The Bertz CT molecular complexity index is 1170. The molecule has 0 N–H and O–H groups in total. The number of Topliss-reactive ketones (excluding diaryl/α,β-unsaturated/α-hetero) is 1. The number of hydrogen-bond acceptors (Lipinski definition) is 6. The van der Waals surface area contributed by atoms with Gasteiger partial charge in [-0.3, -0.25) is 19.3 Å². The Kier molecular flexibility index (Phi) is 6.44. The summed E-state index contributed by atoms with van der Waals surface area (Å²) < 4.78 is 16.8. The number of carbonyl (C=O) groups is 3. The zero-order valence-electron chi connectivity index (χ0n) is 18.4. The minimum absolute atomic E-state index is 0.108. The average molecular weight is 448 g/mol. The van der Waals surface area contributed by atoms with Crippen LogP contribution in [0.15, 0.2) is 65.1 Å². The monoisotopic (exact) mass is 448 g/mol. The molecule has 0 unspecified atom stereocenters. The summed E-state index contributed by atoms with van der Waals surface area (Å²) in [5, 5.41) is 0. The van der Waals surface area contributed by atoms with Crippen molar-refractivity contribution in [2.75, 3.05) is 31.7 Å². The molecule has 0 spiro atoms. The van der Waals surface area contributed by atoms with Gasteiger partial charge in [0.05, 0.1) is 12.2 Å². The SMILES string of the molecule is CCN(C)C(=O)c1ccc(CN2C(=O)COc3ccc(C(=O)COc4ccccc4)cc32)o1. The topological polar surface area (TPSA) is 89.3 Å². The van der Waals surface area contributed by atoms with E-state index in [9.17, 15) is 14.4 Å². The molecule has 0 fully saturated rings. The first-order chi connectivity index (χ1) is 16.0. The summed E-state index contributed by atoms with van der Waals surface area (Å²) in [7, 11) is 1.69. The second-order valence-corrected chi connectivity index (χ2v) is 7.56. The number of benzene rings is 2. The molecule has 3 aromatic rings. The van der Waals surface area contributed by atoms with Crippen LogP contribution in [0.1, 0.15) is 33.6 Å². The third-order valence-corrected chi connectivity index (χ3v) is 5.34. The van der Waals surface area contributed by atoms with Crippen LogP contribution >= 0.6 is 0 Å². The molecule has 170 valence electrons. The van der Waals surface area contributed by atoms with Crippen LogP contribution in [0.4, 0.5) is 5.69 Å². The molecular weight excluding hydrogens is 424 g/mol. The lowest BCUT2D eigenvalue weighted by molar-refractivity contribution is -0.121. The molecule has 2 aromatic carbocycles. The molecule has 1 aliphatic rings. The Hall–Kier alpha value is -4.07. The summed E-state index contributed by atoms with van der Waals surface area (Å²) in [6, 6.07) is 17.3. The third-order valence-electron chi connectivity index (χ3n) is 5.34. The molecule has 33 heavy (non-hydrogen) atoms. The third kappa shape index (κ3) is 4.90. The van der Waals surface area contributed by atoms with Crippen LogP contribution < -0.4 is 14.4 Å². The molecule has 0 radical (unpaired) electrons. The van der Waals surface area contributed by atoms with Crippen LogP contribution in [-0.2, 0) is 11.3 Å². The summed E-state index contributed by atoms with van der Waals surface area (Å²) in [6.45, 7) is 2.27. The van der Waals surface area contributed by atoms with E-state index in [-0.39, 0.29) is 43.1 Å². The fraction of sp³-hybridized carbons (Fsp3) is 0.240. The lowest BCUT2D eigenvalue weighted by Gasteiger charge is -2.29. The molecule has 4 rings (SSSR count). The van der Waals surface area contributed by atoms with Crippen molar-refractivity contribution >= 4 is 23.3 Å². The van der Waals surface area contributed by atoms with Crippen molar-refractivity contribution in [2.24, 2.45) is 0 Å². The van der Waals surface area contributed by atoms with Crippen LogP contribution in [0.5, 0.6) is 11.5 Å². The van der Waals surface area contributed by atoms with Gasteiger partial charge >= 0.3 is 0 Å². The first-order valence-corrected chi connectivity index (χ1v) is 10.6. The molecule has 8 nitrogen and oxygen atoms in total. The van der Waals surface area contributed by atoms with Crippen molar-refractivity contribution in [3.63, 3.8) is 0 Å². The number of hydrogen-bond donors (Lipinski definition) is 0. The zero-order chi connectivity index (χ0) is 23.4. The number of amides is 2. The van der Waals surface area contributed by atoms with Crippen LogP contribution in [0, 0.1) is 0 Å². The van der Waals surface area contributed by atoms with Gasteiger partial charge in [0.2, 0.25) is 0 Å². The Morgan fingerprint density at radius 1 is 1.09 bits per heavy atom. The smallest absolute Gasteiger partial charge is 0.289 e. The quantitative estimate of drug-likeness (QED) is 0.490. The van der Waals surface area contributed by atoms with Gasteiger partial charge in [-0.25, -0.2) is 0 Å². The van der Waals surface area contributed by atoms with Crippen molar-refractivity contribution in [3.05, 3.63) is 77.7 Å². The number of ether oxygens (including phenoxy) is 2. The molecule has 0 bridgehead atoms. The van der Waals surface area contributed by atoms with E-state index >= 15 is 0 Å². The van der Waals surface area contributed by atoms with Gasteiger partial charge in [-0.05, 0) is 49.4 Å². The molecule has 2 amide bonds. The van der Waals surface area contributed by atoms with E-state index in [1.54, 1.807) is 49.5 Å². The molecule has 2 heterocycles. The van der Waals surface area contributed by atoms with Gasteiger partial charge in [-0.15, -0.1) is 0 Å². The minimum atomic E-state index is -0.275. The fourth-order valence-corrected chi connectivity index (χ4v) is 3.36. The van der Waals surface area contributed by atoms with Crippen molar-refractivity contribution < 1.29 is 28.3 Å². The van der Waals surface area contributed by atoms with Crippen molar-refractivity contribution in [2.45, 2.75) is 13.5 Å². The Morgan fingerprint density at radius 2 is 1.88 bits per heavy atom. The minimum Gasteiger partial charge on any atom is -0.485 e. The summed E-state index contributed by atoms with van der Waals surface area (Å²) in [4.78, 5) is 40.6. The summed E-state index contributed by atoms with van der Waals surface area (Å²) in [6.07, 6.45) is 0. The van der Waals surface area contributed by atoms with E-state index in [0.29, 0.717) is 35.1 Å². The van der Waals surface area contributed by atoms with Crippen LogP contribution in [-0.4, -0.2) is 49.3 Å².